The van der Waals surface area contributed by atoms with Crippen molar-refractivity contribution >= 4 is 23.8 Å². The maximum Gasteiger partial charge on any atom is 0.159 e. The second-order valence-electron chi connectivity index (χ2n) is 8.30. The zero-order valence-corrected chi connectivity index (χ0v) is 20.2. The van der Waals surface area contributed by atoms with Crippen molar-refractivity contribution < 1.29 is 4.39 Å². The predicted molar refractivity (Wildman–Crippen MR) is 141 cm³/mol. The van der Waals surface area contributed by atoms with E-state index in [1.165, 1.54) is 17.7 Å². The van der Waals surface area contributed by atoms with Gasteiger partial charge in [0.05, 0.1) is 11.0 Å². The number of imidazole rings is 1. The molecule has 0 aliphatic carbocycles. The minimum absolute atomic E-state index is 0.307. The fourth-order valence-electron chi connectivity index (χ4n) is 3.83. The molecule has 0 bridgehead atoms. The van der Waals surface area contributed by atoms with Crippen molar-refractivity contribution in [1.82, 2.24) is 25.1 Å². The summed E-state index contributed by atoms with van der Waals surface area (Å²) in [7, 11) is 0. The number of aromatic nitrogens is 5. The van der Waals surface area contributed by atoms with E-state index in [-0.39, 0.29) is 5.82 Å². The Morgan fingerprint density at radius 2 is 1.97 bits per heavy atom. The summed E-state index contributed by atoms with van der Waals surface area (Å²) in [5.41, 5.74) is 7.03. The van der Waals surface area contributed by atoms with Crippen molar-refractivity contribution in [2.75, 3.05) is 0 Å². The number of allylic oxidation sites excluding steroid dienone is 4. The van der Waals surface area contributed by atoms with Crippen LogP contribution in [0.5, 0.6) is 0 Å². The van der Waals surface area contributed by atoms with Gasteiger partial charge in [0.15, 0.2) is 5.82 Å². The number of nitrogens with one attached hydrogen (secondary N) is 2. The van der Waals surface area contributed by atoms with E-state index in [0.29, 0.717) is 17.2 Å². The van der Waals surface area contributed by atoms with Crippen molar-refractivity contribution in [2.24, 2.45) is 0 Å². The standard InChI is InChI=1S/C29H28FN5/c1-6-9-25(22-10-8-11-24(30)15-22)28-20(5)32-29(33-28)27-19(4)26(34-35-27)13-12-18(3)23-14-21(7-2)16-31-17-23/h6,8-17,34H,1,4,7H2,2-3,5H3,(H,32,33)/b18-12+,25-9-,26-13+. The number of H-pyrrole nitrogens is 2. The summed E-state index contributed by atoms with van der Waals surface area (Å²) in [6.07, 6.45) is 12.2. The predicted octanol–water partition coefficient (Wildman–Crippen LogP) is 5.12. The largest absolute Gasteiger partial charge is 0.340 e. The molecule has 4 aromatic rings. The molecule has 6 heteroatoms. The molecule has 4 rings (SSSR count). The highest BCUT2D eigenvalue weighted by molar-refractivity contribution is 5.81. The minimum Gasteiger partial charge on any atom is -0.340 e. The Bertz CT molecular complexity index is 1550. The molecule has 0 aliphatic rings. The summed E-state index contributed by atoms with van der Waals surface area (Å²) in [6, 6.07) is 8.58. The number of aromatic amines is 2. The highest BCUT2D eigenvalue weighted by Crippen LogP contribution is 2.27. The molecular formula is C29H28FN5. The van der Waals surface area contributed by atoms with Crippen LogP contribution in [0.2, 0.25) is 0 Å². The van der Waals surface area contributed by atoms with E-state index in [4.69, 9.17) is 4.98 Å². The van der Waals surface area contributed by atoms with Gasteiger partial charge in [0.25, 0.3) is 0 Å². The second-order valence-corrected chi connectivity index (χ2v) is 8.30. The summed E-state index contributed by atoms with van der Waals surface area (Å²) in [6.45, 7) is 14.1. The highest BCUT2D eigenvalue weighted by Gasteiger charge is 2.16. The van der Waals surface area contributed by atoms with Gasteiger partial charge < -0.3 is 4.98 Å². The van der Waals surface area contributed by atoms with Gasteiger partial charge in [0.2, 0.25) is 0 Å². The molecule has 5 nitrogen and oxygen atoms in total. The van der Waals surface area contributed by atoms with Gasteiger partial charge >= 0.3 is 0 Å². The molecule has 0 saturated carbocycles. The van der Waals surface area contributed by atoms with E-state index in [1.54, 1.807) is 12.1 Å². The van der Waals surface area contributed by atoms with E-state index in [0.717, 1.165) is 45.0 Å². The van der Waals surface area contributed by atoms with Crippen molar-refractivity contribution in [3.05, 3.63) is 112 Å². The Kier molecular flexibility index (Phi) is 7.01. The van der Waals surface area contributed by atoms with Crippen molar-refractivity contribution in [1.29, 1.82) is 0 Å². The van der Waals surface area contributed by atoms with Crippen LogP contribution in [-0.4, -0.2) is 25.1 Å². The molecule has 0 unspecified atom stereocenters. The van der Waals surface area contributed by atoms with Crippen LogP contribution in [0.3, 0.4) is 0 Å². The zero-order valence-electron chi connectivity index (χ0n) is 20.2. The van der Waals surface area contributed by atoms with Crippen LogP contribution >= 0.6 is 0 Å². The maximum atomic E-state index is 13.9. The van der Waals surface area contributed by atoms with Crippen LogP contribution in [0.1, 0.15) is 41.9 Å². The van der Waals surface area contributed by atoms with Crippen molar-refractivity contribution in [3.63, 3.8) is 0 Å². The lowest BCUT2D eigenvalue weighted by molar-refractivity contribution is 0.627. The van der Waals surface area contributed by atoms with Gasteiger partial charge in [-0.05, 0) is 66.8 Å². The first-order chi connectivity index (χ1) is 16.9. The molecule has 3 aromatic heterocycles. The van der Waals surface area contributed by atoms with Crippen LogP contribution in [0, 0.1) is 12.7 Å². The number of rotatable bonds is 7. The van der Waals surface area contributed by atoms with E-state index in [9.17, 15) is 4.39 Å². The topological polar surface area (TPSA) is 70.2 Å². The van der Waals surface area contributed by atoms with Gasteiger partial charge in [-0.15, -0.1) is 0 Å². The summed E-state index contributed by atoms with van der Waals surface area (Å²) >= 11 is 0. The average Bonchev–Trinajstić information content (AvgIpc) is 3.42. The summed E-state index contributed by atoms with van der Waals surface area (Å²) in [5.74, 6) is 0.282. The number of pyridine rings is 1. The molecule has 3 heterocycles. The Balaban J connectivity index is 1.70. The number of aryl methyl sites for hydroxylation is 2. The molecule has 176 valence electrons. The first kappa shape index (κ1) is 23.8. The van der Waals surface area contributed by atoms with E-state index in [2.05, 4.69) is 53.2 Å². The highest BCUT2D eigenvalue weighted by atomic mass is 19.1. The number of hydrogen-bond acceptors (Lipinski definition) is 3. The Labute approximate surface area is 204 Å². The fraction of sp³-hybridized carbons (Fsp3) is 0.138. The maximum absolute atomic E-state index is 13.9. The molecule has 0 saturated heterocycles. The molecule has 0 atom stereocenters. The average molecular weight is 466 g/mol. The molecule has 0 spiro atoms. The van der Waals surface area contributed by atoms with Gasteiger partial charge in [-0.3, -0.25) is 10.1 Å². The molecule has 1 aromatic carbocycles. The van der Waals surface area contributed by atoms with Crippen molar-refractivity contribution in [2.45, 2.75) is 27.2 Å². The molecule has 0 amide bonds. The lowest BCUT2D eigenvalue weighted by Gasteiger charge is -2.06. The third-order valence-electron chi connectivity index (χ3n) is 5.84. The zero-order chi connectivity index (χ0) is 24.9. The smallest absolute Gasteiger partial charge is 0.159 e. The van der Waals surface area contributed by atoms with E-state index in [1.807, 2.05) is 43.6 Å². The Morgan fingerprint density at radius 1 is 1.14 bits per heavy atom. The molecule has 0 radical (unpaired) electrons. The third kappa shape index (κ3) is 5.11. The van der Waals surface area contributed by atoms with E-state index < -0.39 is 0 Å². The number of nitrogens with zero attached hydrogens (tertiary/aromatic N) is 3. The van der Waals surface area contributed by atoms with Gasteiger partial charge in [0.1, 0.15) is 11.5 Å². The SMILES string of the molecule is C=C/C=C(/c1cccc(F)c1)c1nc(-c2n[nH]/c(=C/C=C(\C)c3cncc(CC)c3)c2=C)[nH]c1C. The van der Waals surface area contributed by atoms with Gasteiger partial charge in [-0.1, -0.05) is 50.4 Å². The number of halogens is 1. The molecule has 2 N–H and O–H groups in total. The van der Waals surface area contributed by atoms with Crippen LogP contribution < -0.4 is 10.6 Å². The van der Waals surface area contributed by atoms with Crippen LogP contribution in [0.4, 0.5) is 4.39 Å². The van der Waals surface area contributed by atoms with Crippen LogP contribution in [0.15, 0.2) is 67.5 Å². The normalized spacial score (nSPS) is 12.9. The molecule has 35 heavy (non-hydrogen) atoms. The fourth-order valence-corrected chi connectivity index (χ4v) is 3.83. The number of hydrogen-bond donors (Lipinski definition) is 2. The Hall–Kier alpha value is -4.32. The van der Waals surface area contributed by atoms with Gasteiger partial charge in [0, 0.05) is 28.9 Å². The molecular weight excluding hydrogens is 437 g/mol. The lowest BCUT2D eigenvalue weighted by Crippen LogP contribution is -2.21. The summed E-state index contributed by atoms with van der Waals surface area (Å²) < 4.78 is 13.9. The first-order valence-electron chi connectivity index (χ1n) is 11.4. The molecule has 0 fully saturated rings. The minimum atomic E-state index is -0.307. The summed E-state index contributed by atoms with van der Waals surface area (Å²) in [5, 5.41) is 9.04. The quantitative estimate of drug-likeness (QED) is 0.372. The third-order valence-corrected chi connectivity index (χ3v) is 5.84. The lowest BCUT2D eigenvalue weighted by atomic mass is 10.0. The first-order valence-corrected chi connectivity index (χ1v) is 11.4. The monoisotopic (exact) mass is 465 g/mol. The van der Waals surface area contributed by atoms with Crippen LogP contribution in [-0.2, 0) is 6.42 Å². The molecule has 0 aliphatic heterocycles. The second kappa shape index (κ2) is 10.3. The van der Waals surface area contributed by atoms with Gasteiger partial charge in [-0.25, -0.2) is 9.37 Å². The van der Waals surface area contributed by atoms with Gasteiger partial charge in [-0.2, -0.15) is 5.10 Å². The Morgan fingerprint density at radius 3 is 2.71 bits per heavy atom. The van der Waals surface area contributed by atoms with Crippen LogP contribution in [0.25, 0.3) is 35.3 Å². The number of benzene rings is 1. The summed E-state index contributed by atoms with van der Waals surface area (Å²) in [4.78, 5) is 12.4. The van der Waals surface area contributed by atoms with E-state index >= 15 is 0 Å². The van der Waals surface area contributed by atoms with Crippen molar-refractivity contribution in [3.8, 4) is 11.5 Å².